The molecule has 5 nitrogen and oxygen atoms in total. The lowest BCUT2D eigenvalue weighted by Gasteiger charge is -2.33. The second-order valence-electron chi connectivity index (χ2n) is 6.82. The summed E-state index contributed by atoms with van der Waals surface area (Å²) in [5, 5.41) is 0. The normalized spacial score (nSPS) is 22.0. The zero-order valence-electron chi connectivity index (χ0n) is 14.7. The van der Waals surface area contributed by atoms with Crippen molar-refractivity contribution in [1.29, 1.82) is 0 Å². The summed E-state index contributed by atoms with van der Waals surface area (Å²) in [6.07, 6.45) is 2.61. The first-order valence-electron chi connectivity index (χ1n) is 9.17. The first-order valence-corrected chi connectivity index (χ1v) is 9.17. The van der Waals surface area contributed by atoms with Crippen LogP contribution in [0, 0.1) is 11.7 Å². The number of halogens is 1. The maximum Gasteiger partial charge on any atom is 0.223 e. The highest BCUT2D eigenvalue weighted by Gasteiger charge is 2.24. The van der Waals surface area contributed by atoms with Crippen LogP contribution in [-0.2, 0) is 9.53 Å². The van der Waals surface area contributed by atoms with Gasteiger partial charge < -0.3 is 14.4 Å². The van der Waals surface area contributed by atoms with Crippen LogP contribution in [0.1, 0.15) is 19.3 Å². The van der Waals surface area contributed by atoms with Crippen molar-refractivity contribution in [2.45, 2.75) is 19.3 Å². The van der Waals surface area contributed by atoms with Crippen molar-refractivity contribution < 1.29 is 18.7 Å². The number of carbonyl (C=O) groups is 1. The van der Waals surface area contributed by atoms with E-state index in [9.17, 15) is 9.18 Å². The molecule has 0 aromatic heterocycles. The van der Waals surface area contributed by atoms with Gasteiger partial charge in [0.15, 0.2) is 0 Å². The van der Waals surface area contributed by atoms with Gasteiger partial charge in [-0.25, -0.2) is 4.39 Å². The van der Waals surface area contributed by atoms with Gasteiger partial charge in [-0.05, 0) is 25.0 Å². The minimum Gasteiger partial charge on any atom is -0.493 e. The third-order valence-corrected chi connectivity index (χ3v) is 4.90. The van der Waals surface area contributed by atoms with Crippen molar-refractivity contribution in [3.63, 3.8) is 0 Å². The largest absolute Gasteiger partial charge is 0.493 e. The average molecular weight is 350 g/mol. The van der Waals surface area contributed by atoms with Crippen LogP contribution in [0.2, 0.25) is 0 Å². The number of morpholine rings is 1. The molecule has 0 bridgehead atoms. The monoisotopic (exact) mass is 350 g/mol. The van der Waals surface area contributed by atoms with Crippen molar-refractivity contribution in [1.82, 2.24) is 9.80 Å². The van der Waals surface area contributed by atoms with E-state index in [1.165, 1.54) is 12.1 Å². The van der Waals surface area contributed by atoms with Gasteiger partial charge in [-0.2, -0.15) is 0 Å². The molecule has 6 heteroatoms. The maximum atomic E-state index is 13.2. The zero-order valence-corrected chi connectivity index (χ0v) is 14.7. The van der Waals surface area contributed by atoms with E-state index < -0.39 is 0 Å². The molecule has 0 spiro atoms. The molecular formula is C19H27FN2O3. The first kappa shape index (κ1) is 18.1. The second-order valence-corrected chi connectivity index (χ2v) is 6.82. The molecule has 3 rings (SSSR count). The minimum atomic E-state index is -0.291. The highest BCUT2D eigenvalue weighted by atomic mass is 19.1. The number of nitrogens with zero attached hydrogens (tertiary/aromatic N) is 2. The van der Waals surface area contributed by atoms with Crippen LogP contribution in [0.3, 0.4) is 0 Å². The van der Waals surface area contributed by atoms with Crippen LogP contribution in [0.4, 0.5) is 4.39 Å². The third kappa shape index (κ3) is 5.68. The Bertz CT molecular complexity index is 563. The van der Waals surface area contributed by atoms with Crippen molar-refractivity contribution in [2.75, 3.05) is 52.5 Å². The molecule has 0 N–H and O–H groups in total. The van der Waals surface area contributed by atoms with E-state index >= 15 is 0 Å². The molecular weight excluding hydrogens is 323 g/mol. The zero-order chi connectivity index (χ0) is 17.5. The number of hydrogen-bond acceptors (Lipinski definition) is 4. The van der Waals surface area contributed by atoms with E-state index in [1.807, 2.05) is 4.90 Å². The maximum absolute atomic E-state index is 13.2. The van der Waals surface area contributed by atoms with Gasteiger partial charge in [-0.3, -0.25) is 9.69 Å². The minimum absolute atomic E-state index is 0.224. The molecule has 0 unspecified atom stereocenters. The van der Waals surface area contributed by atoms with Crippen molar-refractivity contribution >= 4 is 5.91 Å². The van der Waals surface area contributed by atoms with Gasteiger partial charge in [-0.1, -0.05) is 6.07 Å². The summed E-state index contributed by atoms with van der Waals surface area (Å²) >= 11 is 0. The van der Waals surface area contributed by atoms with E-state index in [4.69, 9.17) is 9.47 Å². The summed E-state index contributed by atoms with van der Waals surface area (Å²) in [7, 11) is 0. The van der Waals surface area contributed by atoms with Gasteiger partial charge in [0.2, 0.25) is 5.91 Å². The Labute approximate surface area is 148 Å². The van der Waals surface area contributed by atoms with Gasteiger partial charge in [-0.15, -0.1) is 0 Å². The standard InChI is InChI=1S/C19H27FN2O3/c20-17-4-1-5-18(13-17)25-15-16-3-2-7-22(14-16)19(23)6-8-21-9-11-24-12-10-21/h1,4-5,13,16H,2-3,6-12,14-15H2/t16-/m0/s1. The SMILES string of the molecule is O=C(CCN1CCOCC1)N1CCC[C@H](COc2cccc(F)c2)C1. The van der Waals surface area contributed by atoms with Gasteiger partial charge in [0, 0.05) is 51.1 Å². The molecule has 0 aliphatic carbocycles. The smallest absolute Gasteiger partial charge is 0.223 e. The number of carbonyl (C=O) groups excluding carboxylic acids is 1. The van der Waals surface area contributed by atoms with Crippen molar-refractivity contribution in [2.24, 2.45) is 5.92 Å². The molecule has 1 aromatic carbocycles. The summed E-state index contributed by atoms with van der Waals surface area (Å²) in [6.45, 7) is 6.25. The van der Waals surface area contributed by atoms with Gasteiger partial charge in [0.25, 0.3) is 0 Å². The molecule has 0 saturated carbocycles. The second kappa shape index (κ2) is 9.15. The number of benzene rings is 1. The Kier molecular flexibility index (Phi) is 6.64. The fourth-order valence-corrected chi connectivity index (χ4v) is 3.44. The molecule has 1 aromatic rings. The van der Waals surface area contributed by atoms with E-state index in [-0.39, 0.29) is 11.7 Å². The molecule has 1 atom stereocenters. The fourth-order valence-electron chi connectivity index (χ4n) is 3.44. The van der Waals surface area contributed by atoms with Gasteiger partial charge in [0.05, 0.1) is 19.8 Å². The fraction of sp³-hybridized carbons (Fsp3) is 0.632. The Morgan fingerprint density at radius 1 is 1.28 bits per heavy atom. The molecule has 2 fully saturated rings. The summed E-state index contributed by atoms with van der Waals surface area (Å²) < 4.78 is 24.2. The Hall–Kier alpha value is -1.66. The topological polar surface area (TPSA) is 42.0 Å². The quantitative estimate of drug-likeness (QED) is 0.789. The van der Waals surface area contributed by atoms with Gasteiger partial charge in [0.1, 0.15) is 11.6 Å². The van der Waals surface area contributed by atoms with Crippen LogP contribution >= 0.6 is 0 Å². The van der Waals surface area contributed by atoms with E-state index in [0.29, 0.717) is 24.7 Å². The summed E-state index contributed by atoms with van der Waals surface area (Å²) in [5.74, 6) is 0.795. The number of rotatable bonds is 6. The van der Waals surface area contributed by atoms with Crippen LogP contribution in [0.5, 0.6) is 5.75 Å². The van der Waals surface area contributed by atoms with E-state index in [0.717, 1.165) is 58.8 Å². The molecule has 1 amide bonds. The lowest BCUT2D eigenvalue weighted by molar-refractivity contribution is -0.133. The number of hydrogen-bond donors (Lipinski definition) is 0. The number of piperidine rings is 1. The third-order valence-electron chi connectivity index (χ3n) is 4.90. The number of ether oxygens (including phenoxy) is 2. The molecule has 2 aliphatic heterocycles. The van der Waals surface area contributed by atoms with Crippen molar-refractivity contribution in [3.8, 4) is 5.75 Å². The lowest BCUT2D eigenvalue weighted by Crippen LogP contribution is -2.44. The molecule has 2 aliphatic rings. The van der Waals surface area contributed by atoms with Gasteiger partial charge >= 0.3 is 0 Å². The van der Waals surface area contributed by atoms with Crippen molar-refractivity contribution in [3.05, 3.63) is 30.1 Å². The van der Waals surface area contributed by atoms with E-state index in [2.05, 4.69) is 4.90 Å². The highest BCUT2D eigenvalue weighted by Crippen LogP contribution is 2.20. The molecule has 0 radical (unpaired) electrons. The first-order chi connectivity index (χ1) is 12.2. The van der Waals surface area contributed by atoms with Crippen LogP contribution < -0.4 is 4.74 Å². The molecule has 2 heterocycles. The molecule has 2 saturated heterocycles. The predicted octanol–water partition coefficient (Wildman–Crippen LogP) is 2.17. The Morgan fingerprint density at radius 3 is 2.92 bits per heavy atom. The van der Waals surface area contributed by atoms with Crippen LogP contribution in [0.25, 0.3) is 0 Å². The predicted molar refractivity (Wildman–Crippen MR) is 93.1 cm³/mol. The summed E-state index contributed by atoms with van der Waals surface area (Å²) in [5.41, 5.74) is 0. The van der Waals surface area contributed by atoms with E-state index in [1.54, 1.807) is 12.1 Å². The number of amides is 1. The highest BCUT2D eigenvalue weighted by molar-refractivity contribution is 5.76. The lowest BCUT2D eigenvalue weighted by atomic mass is 9.98. The molecule has 138 valence electrons. The van der Waals surface area contributed by atoms with Crippen LogP contribution in [-0.4, -0.2) is 68.3 Å². The Balaban J connectivity index is 1.41. The molecule has 25 heavy (non-hydrogen) atoms. The van der Waals surface area contributed by atoms with Crippen LogP contribution in [0.15, 0.2) is 24.3 Å². The summed E-state index contributed by atoms with van der Waals surface area (Å²) in [4.78, 5) is 16.7. The summed E-state index contributed by atoms with van der Waals surface area (Å²) in [6, 6.07) is 6.21. The average Bonchev–Trinajstić information content (AvgIpc) is 2.65. The Morgan fingerprint density at radius 2 is 2.12 bits per heavy atom. The number of likely N-dealkylation sites (tertiary alicyclic amines) is 1.